The summed E-state index contributed by atoms with van der Waals surface area (Å²) >= 11 is 0. The second kappa shape index (κ2) is 8.28. The van der Waals surface area contributed by atoms with Crippen LogP contribution in [-0.4, -0.2) is 47.7 Å². The van der Waals surface area contributed by atoms with Gasteiger partial charge < -0.3 is 14.6 Å². The van der Waals surface area contributed by atoms with E-state index in [2.05, 4.69) is 4.98 Å². The number of carbonyl (C=O) groups excluding carboxylic acids is 3. The van der Waals surface area contributed by atoms with Crippen LogP contribution >= 0.6 is 0 Å². The molecule has 1 N–H and O–H groups in total. The van der Waals surface area contributed by atoms with Gasteiger partial charge in [0.25, 0.3) is 0 Å². The zero-order valence-corrected chi connectivity index (χ0v) is 16.6. The monoisotopic (exact) mass is 374 g/mol. The minimum Gasteiger partial charge on any atom is -0.464 e. The second-order valence-corrected chi connectivity index (χ2v) is 8.04. The Bertz CT molecular complexity index is 727. The molecule has 0 radical (unpaired) electrons. The molecule has 1 aromatic heterocycles. The average Bonchev–Trinajstić information content (AvgIpc) is 3.46. The summed E-state index contributed by atoms with van der Waals surface area (Å²) in [6.45, 7) is 4.29. The van der Waals surface area contributed by atoms with E-state index >= 15 is 0 Å². The van der Waals surface area contributed by atoms with Crippen LogP contribution in [0.15, 0.2) is 0 Å². The lowest BCUT2D eigenvalue weighted by molar-refractivity contribution is -0.132. The van der Waals surface area contributed by atoms with Crippen molar-refractivity contribution < 1.29 is 19.1 Å². The first-order chi connectivity index (χ1) is 12.9. The SMILES string of the molecule is COC(=O)c1[nH]c(C)c(C(=O)CN(CC2CCCCC2)C(=O)C2CC2)c1C. The Morgan fingerprint density at radius 1 is 1.07 bits per heavy atom. The number of methoxy groups -OCH3 is 1. The van der Waals surface area contributed by atoms with E-state index in [4.69, 9.17) is 4.74 Å². The van der Waals surface area contributed by atoms with E-state index in [1.54, 1.807) is 18.7 Å². The van der Waals surface area contributed by atoms with Gasteiger partial charge in [-0.3, -0.25) is 9.59 Å². The molecule has 1 amide bonds. The number of aromatic amines is 1. The highest BCUT2D eigenvalue weighted by Gasteiger charge is 2.36. The Labute approximate surface area is 160 Å². The van der Waals surface area contributed by atoms with Gasteiger partial charge in [0.2, 0.25) is 5.91 Å². The van der Waals surface area contributed by atoms with E-state index < -0.39 is 5.97 Å². The molecule has 0 spiro atoms. The third kappa shape index (κ3) is 4.42. The fourth-order valence-corrected chi connectivity index (χ4v) is 4.23. The lowest BCUT2D eigenvalue weighted by atomic mass is 9.88. The van der Waals surface area contributed by atoms with Crippen molar-refractivity contribution in [3.05, 3.63) is 22.5 Å². The summed E-state index contributed by atoms with van der Waals surface area (Å²) in [6, 6.07) is 0. The number of rotatable bonds is 7. The molecule has 2 aliphatic carbocycles. The lowest BCUT2D eigenvalue weighted by Gasteiger charge is -2.29. The molecule has 27 heavy (non-hydrogen) atoms. The number of Topliss-reactive ketones (excluding diaryl/α,β-unsaturated/α-hetero) is 1. The third-order valence-corrected chi connectivity index (χ3v) is 5.88. The molecule has 1 aromatic rings. The number of amides is 1. The van der Waals surface area contributed by atoms with Crippen LogP contribution in [0.5, 0.6) is 0 Å². The summed E-state index contributed by atoms with van der Waals surface area (Å²) in [6.07, 6.45) is 7.83. The van der Waals surface area contributed by atoms with Crippen molar-refractivity contribution >= 4 is 17.7 Å². The highest BCUT2D eigenvalue weighted by atomic mass is 16.5. The van der Waals surface area contributed by atoms with Crippen LogP contribution in [0.2, 0.25) is 0 Å². The zero-order chi connectivity index (χ0) is 19.6. The molecule has 6 heteroatoms. The average molecular weight is 374 g/mol. The predicted octanol–water partition coefficient (Wildman–Crippen LogP) is 3.42. The quantitative estimate of drug-likeness (QED) is 0.586. The van der Waals surface area contributed by atoms with E-state index in [1.807, 2.05) is 0 Å². The number of aromatic nitrogens is 1. The van der Waals surface area contributed by atoms with Crippen LogP contribution < -0.4 is 0 Å². The molecular formula is C21H30N2O4. The number of carbonyl (C=O) groups is 3. The first kappa shape index (κ1) is 19.6. The van der Waals surface area contributed by atoms with Gasteiger partial charge in [0.15, 0.2) is 5.78 Å². The number of esters is 1. The van der Waals surface area contributed by atoms with Gasteiger partial charge in [0, 0.05) is 23.7 Å². The molecule has 0 unspecified atom stereocenters. The highest BCUT2D eigenvalue weighted by molar-refractivity contribution is 6.04. The molecule has 2 aliphatic rings. The van der Waals surface area contributed by atoms with Crippen molar-refractivity contribution in [2.45, 2.75) is 58.8 Å². The van der Waals surface area contributed by atoms with Gasteiger partial charge in [-0.1, -0.05) is 19.3 Å². The van der Waals surface area contributed by atoms with Gasteiger partial charge >= 0.3 is 5.97 Å². The van der Waals surface area contributed by atoms with Crippen molar-refractivity contribution in [1.82, 2.24) is 9.88 Å². The first-order valence-electron chi connectivity index (χ1n) is 10.0. The fourth-order valence-electron chi connectivity index (χ4n) is 4.23. The Balaban J connectivity index is 1.76. The minimum atomic E-state index is -0.484. The lowest BCUT2D eigenvalue weighted by Crippen LogP contribution is -2.40. The summed E-state index contributed by atoms with van der Waals surface area (Å²) < 4.78 is 4.78. The maximum absolute atomic E-state index is 13.0. The molecular weight excluding hydrogens is 344 g/mol. The number of aryl methyl sites for hydroxylation is 1. The highest BCUT2D eigenvalue weighted by Crippen LogP contribution is 2.33. The Hall–Kier alpha value is -2.11. The van der Waals surface area contributed by atoms with Crippen molar-refractivity contribution in [1.29, 1.82) is 0 Å². The number of nitrogens with zero attached hydrogens (tertiary/aromatic N) is 1. The molecule has 0 saturated heterocycles. The second-order valence-electron chi connectivity index (χ2n) is 8.04. The maximum atomic E-state index is 13.0. The summed E-state index contributed by atoms with van der Waals surface area (Å²) in [5.41, 5.74) is 2.06. The molecule has 148 valence electrons. The van der Waals surface area contributed by atoms with E-state index in [-0.39, 0.29) is 24.2 Å². The topological polar surface area (TPSA) is 79.5 Å². The number of ether oxygens (including phenoxy) is 1. The summed E-state index contributed by atoms with van der Waals surface area (Å²) in [5.74, 6) is 0.116. The third-order valence-electron chi connectivity index (χ3n) is 5.88. The van der Waals surface area contributed by atoms with E-state index in [1.165, 1.54) is 26.4 Å². The molecule has 0 bridgehead atoms. The minimum absolute atomic E-state index is 0.0893. The summed E-state index contributed by atoms with van der Waals surface area (Å²) in [7, 11) is 1.32. The zero-order valence-electron chi connectivity index (χ0n) is 16.6. The molecule has 0 aliphatic heterocycles. The summed E-state index contributed by atoms with van der Waals surface area (Å²) in [4.78, 5) is 42.4. The Morgan fingerprint density at radius 2 is 1.74 bits per heavy atom. The molecule has 0 atom stereocenters. The number of hydrogen-bond donors (Lipinski definition) is 1. The predicted molar refractivity (Wildman–Crippen MR) is 102 cm³/mol. The maximum Gasteiger partial charge on any atom is 0.354 e. The fraction of sp³-hybridized carbons (Fsp3) is 0.667. The van der Waals surface area contributed by atoms with E-state index in [0.717, 1.165) is 25.7 Å². The number of H-pyrrole nitrogens is 1. The molecule has 0 aromatic carbocycles. The first-order valence-corrected chi connectivity index (χ1v) is 10.0. The van der Waals surface area contributed by atoms with Crippen molar-refractivity contribution in [3.8, 4) is 0 Å². The van der Waals surface area contributed by atoms with E-state index in [9.17, 15) is 14.4 Å². The van der Waals surface area contributed by atoms with Gasteiger partial charge in [-0.25, -0.2) is 4.79 Å². The van der Waals surface area contributed by atoms with Gasteiger partial charge in [0.1, 0.15) is 5.69 Å². The number of hydrogen-bond acceptors (Lipinski definition) is 4. The number of ketones is 1. The van der Waals surface area contributed by atoms with Crippen molar-refractivity contribution in [2.75, 3.05) is 20.2 Å². The van der Waals surface area contributed by atoms with Crippen LogP contribution in [0, 0.1) is 25.7 Å². The standard InChI is InChI=1S/C21H30N2O4/c1-13-18(14(2)22-19(13)21(26)27-3)17(24)12-23(20(25)16-9-10-16)11-15-7-5-4-6-8-15/h15-16,22H,4-12H2,1-3H3. The van der Waals surface area contributed by atoms with Crippen LogP contribution in [0.3, 0.4) is 0 Å². The van der Waals surface area contributed by atoms with Gasteiger partial charge in [0.05, 0.1) is 13.7 Å². The van der Waals surface area contributed by atoms with Crippen molar-refractivity contribution in [2.24, 2.45) is 11.8 Å². The van der Waals surface area contributed by atoms with Crippen molar-refractivity contribution in [3.63, 3.8) is 0 Å². The van der Waals surface area contributed by atoms with E-state index in [0.29, 0.717) is 35.0 Å². The molecule has 2 saturated carbocycles. The summed E-state index contributed by atoms with van der Waals surface area (Å²) in [5, 5.41) is 0. The van der Waals surface area contributed by atoms with Crippen LogP contribution in [0.4, 0.5) is 0 Å². The Morgan fingerprint density at radius 3 is 2.33 bits per heavy atom. The molecule has 1 heterocycles. The largest absolute Gasteiger partial charge is 0.464 e. The molecule has 3 rings (SSSR count). The van der Waals surface area contributed by atoms with Crippen LogP contribution in [-0.2, 0) is 9.53 Å². The number of nitrogens with one attached hydrogen (secondary N) is 1. The van der Waals surface area contributed by atoms with Crippen LogP contribution in [0.25, 0.3) is 0 Å². The normalized spacial score (nSPS) is 17.6. The molecule has 6 nitrogen and oxygen atoms in total. The molecule has 2 fully saturated rings. The smallest absolute Gasteiger partial charge is 0.354 e. The van der Waals surface area contributed by atoms with Crippen LogP contribution in [0.1, 0.15) is 77.0 Å². The van der Waals surface area contributed by atoms with Gasteiger partial charge in [-0.15, -0.1) is 0 Å². The van der Waals surface area contributed by atoms with Gasteiger partial charge in [-0.05, 0) is 51.0 Å². The van der Waals surface area contributed by atoms with Gasteiger partial charge in [-0.2, -0.15) is 0 Å². The Kier molecular flexibility index (Phi) is 6.02.